The van der Waals surface area contributed by atoms with E-state index in [4.69, 9.17) is 22.1 Å². The third-order valence-electron chi connectivity index (χ3n) is 4.44. The van der Waals surface area contributed by atoms with Crippen LogP contribution in [0, 0.1) is 11.7 Å². The Balaban J connectivity index is 1.96. The average Bonchev–Trinajstić information content (AvgIpc) is 2.52. The van der Waals surface area contributed by atoms with Crippen LogP contribution >= 0.6 is 11.6 Å². The zero-order valence-corrected chi connectivity index (χ0v) is 14.3. The molecule has 23 heavy (non-hydrogen) atoms. The van der Waals surface area contributed by atoms with Gasteiger partial charge in [0.1, 0.15) is 5.82 Å². The van der Waals surface area contributed by atoms with E-state index in [1.165, 1.54) is 12.1 Å². The summed E-state index contributed by atoms with van der Waals surface area (Å²) >= 11 is 6.12. The van der Waals surface area contributed by atoms with E-state index in [2.05, 4.69) is 5.32 Å². The Kier molecular flexibility index (Phi) is 6.00. The quantitative estimate of drug-likeness (QED) is 0.864. The predicted molar refractivity (Wildman–Crippen MR) is 89.0 cm³/mol. The summed E-state index contributed by atoms with van der Waals surface area (Å²) in [5, 5.41) is 3.26. The van der Waals surface area contributed by atoms with E-state index >= 15 is 0 Å². The third kappa shape index (κ3) is 4.66. The molecule has 1 aromatic carbocycles. The molecule has 1 aromatic rings. The van der Waals surface area contributed by atoms with Crippen molar-refractivity contribution in [3.05, 3.63) is 34.6 Å². The van der Waals surface area contributed by atoms with Gasteiger partial charge in [-0.25, -0.2) is 4.39 Å². The summed E-state index contributed by atoms with van der Waals surface area (Å²) in [6.07, 6.45) is 1.61. The SMILES string of the molecule is CC(C)(CNC(=O)C(N)C1CCOCC1)c1ccc(F)cc1Cl. The summed E-state index contributed by atoms with van der Waals surface area (Å²) in [5.74, 6) is -0.385. The van der Waals surface area contributed by atoms with Gasteiger partial charge in [0.25, 0.3) is 0 Å². The molecule has 1 saturated heterocycles. The Bertz CT molecular complexity index is 560. The number of nitrogens with two attached hydrogens (primary N) is 1. The zero-order chi connectivity index (χ0) is 17.0. The van der Waals surface area contributed by atoms with Gasteiger partial charge in [-0.15, -0.1) is 0 Å². The van der Waals surface area contributed by atoms with Crippen LogP contribution < -0.4 is 11.1 Å². The molecule has 1 aliphatic rings. The van der Waals surface area contributed by atoms with Gasteiger partial charge < -0.3 is 15.8 Å². The lowest BCUT2D eigenvalue weighted by Gasteiger charge is -2.30. The highest BCUT2D eigenvalue weighted by molar-refractivity contribution is 6.31. The molecule has 1 atom stereocenters. The fraction of sp³-hybridized carbons (Fsp3) is 0.588. The predicted octanol–water partition coefficient (Wildman–Crippen LogP) is 2.63. The van der Waals surface area contributed by atoms with Crippen molar-refractivity contribution in [1.82, 2.24) is 5.32 Å². The number of ether oxygens (including phenoxy) is 1. The summed E-state index contributed by atoms with van der Waals surface area (Å²) in [4.78, 5) is 12.3. The minimum Gasteiger partial charge on any atom is -0.381 e. The van der Waals surface area contributed by atoms with Crippen LogP contribution in [0.15, 0.2) is 18.2 Å². The van der Waals surface area contributed by atoms with Gasteiger partial charge >= 0.3 is 0 Å². The van der Waals surface area contributed by atoms with Crippen LogP contribution in [0.1, 0.15) is 32.3 Å². The number of carbonyl (C=O) groups excluding carboxylic acids is 1. The molecule has 0 spiro atoms. The Morgan fingerprint density at radius 1 is 1.48 bits per heavy atom. The molecule has 0 saturated carbocycles. The molecule has 1 aliphatic heterocycles. The van der Waals surface area contributed by atoms with Crippen LogP contribution in [0.4, 0.5) is 4.39 Å². The van der Waals surface area contributed by atoms with Crippen LogP contribution in [-0.4, -0.2) is 31.7 Å². The lowest BCUT2D eigenvalue weighted by molar-refractivity contribution is -0.124. The second-order valence-electron chi connectivity index (χ2n) is 6.70. The number of benzene rings is 1. The molecule has 0 radical (unpaired) electrons. The molecule has 1 heterocycles. The molecule has 1 fully saturated rings. The van der Waals surface area contributed by atoms with Crippen molar-refractivity contribution in [2.24, 2.45) is 11.7 Å². The molecular formula is C17H24ClFN2O2. The normalized spacial score (nSPS) is 17.8. The van der Waals surface area contributed by atoms with Crippen molar-refractivity contribution < 1.29 is 13.9 Å². The van der Waals surface area contributed by atoms with Crippen LogP contribution in [0.2, 0.25) is 5.02 Å². The lowest BCUT2D eigenvalue weighted by atomic mass is 9.84. The molecule has 1 amide bonds. The van der Waals surface area contributed by atoms with Crippen LogP contribution in [-0.2, 0) is 14.9 Å². The topological polar surface area (TPSA) is 64.4 Å². The highest BCUT2D eigenvalue weighted by Gasteiger charge is 2.29. The number of carbonyl (C=O) groups is 1. The molecule has 1 unspecified atom stereocenters. The summed E-state index contributed by atoms with van der Waals surface area (Å²) in [6.45, 7) is 5.59. The molecule has 4 nitrogen and oxygen atoms in total. The smallest absolute Gasteiger partial charge is 0.237 e. The van der Waals surface area contributed by atoms with Gasteiger partial charge in [0, 0.05) is 30.2 Å². The molecule has 3 N–H and O–H groups in total. The third-order valence-corrected chi connectivity index (χ3v) is 4.75. The Morgan fingerprint density at radius 3 is 2.74 bits per heavy atom. The molecule has 0 aromatic heterocycles. The first-order valence-corrected chi connectivity index (χ1v) is 8.25. The highest BCUT2D eigenvalue weighted by Crippen LogP contribution is 2.30. The molecule has 2 rings (SSSR count). The maximum atomic E-state index is 13.2. The van der Waals surface area contributed by atoms with Crippen LogP contribution in [0.5, 0.6) is 0 Å². The van der Waals surface area contributed by atoms with Gasteiger partial charge in [0.15, 0.2) is 0 Å². The van der Waals surface area contributed by atoms with Gasteiger partial charge in [0.2, 0.25) is 5.91 Å². The first-order valence-electron chi connectivity index (χ1n) is 7.88. The van der Waals surface area contributed by atoms with Gasteiger partial charge in [0.05, 0.1) is 6.04 Å². The van der Waals surface area contributed by atoms with E-state index in [0.717, 1.165) is 18.4 Å². The fourth-order valence-electron chi connectivity index (χ4n) is 2.85. The highest BCUT2D eigenvalue weighted by atomic mass is 35.5. The number of halogens is 2. The van der Waals surface area contributed by atoms with Crippen molar-refractivity contribution in [3.63, 3.8) is 0 Å². The first-order chi connectivity index (χ1) is 10.8. The molecular weight excluding hydrogens is 319 g/mol. The van der Waals surface area contributed by atoms with E-state index in [1.54, 1.807) is 6.07 Å². The second kappa shape index (κ2) is 7.60. The lowest BCUT2D eigenvalue weighted by Crippen LogP contribution is -2.49. The van der Waals surface area contributed by atoms with E-state index in [-0.39, 0.29) is 17.6 Å². The number of nitrogens with one attached hydrogen (secondary N) is 1. The standard InChI is InChI=1S/C17H24ClFN2O2/c1-17(2,13-4-3-12(19)9-14(13)18)10-21-16(22)15(20)11-5-7-23-8-6-11/h3-4,9,11,15H,5-8,10,20H2,1-2H3,(H,21,22). The first kappa shape index (κ1) is 18.2. The Hall–Kier alpha value is -1.17. The summed E-state index contributed by atoms with van der Waals surface area (Å²) < 4.78 is 18.5. The van der Waals surface area contributed by atoms with Crippen molar-refractivity contribution in [3.8, 4) is 0 Å². The Morgan fingerprint density at radius 2 is 2.13 bits per heavy atom. The zero-order valence-electron chi connectivity index (χ0n) is 13.6. The fourth-order valence-corrected chi connectivity index (χ4v) is 3.27. The van der Waals surface area contributed by atoms with Gasteiger partial charge in [-0.2, -0.15) is 0 Å². The van der Waals surface area contributed by atoms with Gasteiger partial charge in [-0.3, -0.25) is 4.79 Å². The maximum absolute atomic E-state index is 13.2. The molecule has 0 bridgehead atoms. The summed E-state index contributed by atoms with van der Waals surface area (Å²) in [5.41, 5.74) is 6.44. The Labute approximate surface area is 141 Å². The molecule has 128 valence electrons. The largest absolute Gasteiger partial charge is 0.381 e. The monoisotopic (exact) mass is 342 g/mol. The van der Waals surface area contributed by atoms with E-state index in [0.29, 0.717) is 24.8 Å². The minimum absolute atomic E-state index is 0.154. The summed E-state index contributed by atoms with van der Waals surface area (Å²) in [6, 6.07) is 3.79. The molecule has 6 heteroatoms. The maximum Gasteiger partial charge on any atom is 0.237 e. The van der Waals surface area contributed by atoms with Crippen molar-refractivity contribution in [1.29, 1.82) is 0 Å². The van der Waals surface area contributed by atoms with Crippen LogP contribution in [0.25, 0.3) is 0 Å². The van der Waals surface area contributed by atoms with Crippen molar-refractivity contribution >= 4 is 17.5 Å². The van der Waals surface area contributed by atoms with Crippen LogP contribution in [0.3, 0.4) is 0 Å². The second-order valence-corrected chi connectivity index (χ2v) is 7.11. The van der Waals surface area contributed by atoms with Crippen molar-refractivity contribution in [2.75, 3.05) is 19.8 Å². The van der Waals surface area contributed by atoms with E-state index < -0.39 is 11.5 Å². The number of rotatable bonds is 5. The minimum atomic E-state index is -0.529. The van der Waals surface area contributed by atoms with E-state index in [1.807, 2.05) is 13.8 Å². The molecule has 0 aliphatic carbocycles. The van der Waals surface area contributed by atoms with Gasteiger partial charge in [-0.05, 0) is 36.5 Å². The number of hydrogen-bond acceptors (Lipinski definition) is 3. The average molecular weight is 343 g/mol. The van der Waals surface area contributed by atoms with Crippen molar-refractivity contribution in [2.45, 2.75) is 38.1 Å². The summed E-state index contributed by atoms with van der Waals surface area (Å²) in [7, 11) is 0. The number of hydrogen-bond donors (Lipinski definition) is 2. The number of amides is 1. The van der Waals surface area contributed by atoms with Gasteiger partial charge in [-0.1, -0.05) is 31.5 Å². The van der Waals surface area contributed by atoms with E-state index in [9.17, 15) is 9.18 Å².